The van der Waals surface area contributed by atoms with Crippen LogP contribution in [-0.2, 0) is 17.4 Å². The Hall–Kier alpha value is -1.78. The zero-order chi connectivity index (χ0) is 12.9. The van der Waals surface area contributed by atoms with Gasteiger partial charge in [-0.05, 0) is 18.1 Å². The van der Waals surface area contributed by atoms with Gasteiger partial charge in [0.1, 0.15) is 0 Å². The number of carboxylic acid groups (broad SMARTS) is 1. The van der Waals surface area contributed by atoms with Crippen LogP contribution in [-0.4, -0.2) is 11.1 Å². The first kappa shape index (κ1) is 13.3. The number of hydrogen-bond acceptors (Lipinski definition) is 1. The number of benzene rings is 1. The molecule has 0 saturated carbocycles. The predicted octanol–water partition coefficient (Wildman–Crippen LogP) is 3.28. The van der Waals surface area contributed by atoms with E-state index in [0.29, 0.717) is 5.56 Å². The van der Waals surface area contributed by atoms with Crippen molar-refractivity contribution in [1.82, 2.24) is 0 Å². The van der Waals surface area contributed by atoms with Gasteiger partial charge in [0.05, 0.1) is 12.0 Å². The minimum absolute atomic E-state index is 0.126. The molecule has 0 saturated heterocycles. The number of aliphatic carboxylic acids is 1. The fourth-order valence-electron chi connectivity index (χ4n) is 1.28. The standard InChI is InChI=1S/C12H11F3O2/c13-12(14,15)10-6-3-5-9(8-10)4-1-2-7-11(16)17/h1-3,5-6,8H,4,7H2,(H,16,17)/b2-1-. The Bertz CT molecular complexity index is 422. The van der Waals surface area contributed by atoms with Crippen LogP contribution < -0.4 is 0 Å². The van der Waals surface area contributed by atoms with Crippen molar-refractivity contribution in [3.8, 4) is 0 Å². The van der Waals surface area contributed by atoms with Gasteiger partial charge in [0.25, 0.3) is 0 Å². The van der Waals surface area contributed by atoms with Crippen molar-refractivity contribution in [3.63, 3.8) is 0 Å². The first-order valence-corrected chi connectivity index (χ1v) is 4.92. The number of allylic oxidation sites excluding steroid dienone is 1. The van der Waals surface area contributed by atoms with Crippen LogP contribution in [0, 0.1) is 0 Å². The van der Waals surface area contributed by atoms with Crippen LogP contribution in [0.2, 0.25) is 0 Å². The molecule has 0 aliphatic carbocycles. The van der Waals surface area contributed by atoms with Gasteiger partial charge < -0.3 is 5.11 Å². The van der Waals surface area contributed by atoms with Gasteiger partial charge in [0.2, 0.25) is 0 Å². The third kappa shape index (κ3) is 4.72. The van der Waals surface area contributed by atoms with Gasteiger partial charge >= 0.3 is 12.1 Å². The first-order chi connectivity index (χ1) is 7.89. The van der Waals surface area contributed by atoms with Gasteiger partial charge in [-0.2, -0.15) is 13.2 Å². The second-order valence-corrected chi connectivity index (χ2v) is 3.47. The molecule has 1 aromatic carbocycles. The van der Waals surface area contributed by atoms with Crippen LogP contribution in [0.25, 0.3) is 0 Å². The molecule has 1 aromatic rings. The Labute approximate surface area is 96.4 Å². The van der Waals surface area contributed by atoms with Crippen LogP contribution in [0.4, 0.5) is 13.2 Å². The van der Waals surface area contributed by atoms with Gasteiger partial charge in [-0.15, -0.1) is 0 Å². The molecule has 0 aromatic heterocycles. The van der Waals surface area contributed by atoms with Crippen LogP contribution in [0.1, 0.15) is 17.5 Å². The lowest BCUT2D eigenvalue weighted by atomic mass is 10.1. The summed E-state index contributed by atoms with van der Waals surface area (Å²) >= 11 is 0. The van der Waals surface area contributed by atoms with Gasteiger partial charge in [-0.3, -0.25) is 4.79 Å². The van der Waals surface area contributed by atoms with Crippen LogP contribution in [0.5, 0.6) is 0 Å². The van der Waals surface area contributed by atoms with Gasteiger partial charge in [-0.25, -0.2) is 0 Å². The molecular weight excluding hydrogens is 233 g/mol. The highest BCUT2D eigenvalue weighted by Gasteiger charge is 2.30. The molecule has 0 radical (unpaired) electrons. The van der Waals surface area contributed by atoms with E-state index in [0.717, 1.165) is 12.1 Å². The molecule has 92 valence electrons. The normalized spacial score (nSPS) is 11.9. The van der Waals surface area contributed by atoms with Crippen molar-refractivity contribution in [2.24, 2.45) is 0 Å². The number of rotatable bonds is 4. The van der Waals surface area contributed by atoms with E-state index < -0.39 is 17.7 Å². The Morgan fingerprint density at radius 3 is 2.59 bits per heavy atom. The van der Waals surface area contributed by atoms with E-state index in [1.165, 1.54) is 12.1 Å². The molecule has 0 fully saturated rings. The Morgan fingerprint density at radius 2 is 2.00 bits per heavy atom. The van der Waals surface area contributed by atoms with Crippen molar-refractivity contribution in [2.45, 2.75) is 19.0 Å². The average Bonchev–Trinajstić information content (AvgIpc) is 2.23. The quantitative estimate of drug-likeness (QED) is 0.825. The molecule has 0 aliphatic rings. The molecule has 17 heavy (non-hydrogen) atoms. The molecule has 1 rings (SSSR count). The molecule has 0 bridgehead atoms. The molecule has 2 nitrogen and oxygen atoms in total. The summed E-state index contributed by atoms with van der Waals surface area (Å²) in [6, 6.07) is 4.97. The zero-order valence-corrected chi connectivity index (χ0v) is 8.87. The molecule has 0 heterocycles. The summed E-state index contributed by atoms with van der Waals surface area (Å²) in [6.07, 6.45) is -1.22. The lowest BCUT2D eigenvalue weighted by Crippen LogP contribution is -2.04. The number of alkyl halides is 3. The maximum Gasteiger partial charge on any atom is 0.416 e. The number of hydrogen-bond donors (Lipinski definition) is 1. The summed E-state index contributed by atoms with van der Waals surface area (Å²) in [5.41, 5.74) is -0.192. The summed E-state index contributed by atoms with van der Waals surface area (Å²) in [6.45, 7) is 0. The highest BCUT2D eigenvalue weighted by Crippen LogP contribution is 2.29. The predicted molar refractivity (Wildman–Crippen MR) is 56.5 cm³/mol. The Morgan fingerprint density at radius 1 is 1.29 bits per heavy atom. The monoisotopic (exact) mass is 244 g/mol. The fraction of sp³-hybridized carbons (Fsp3) is 0.250. The molecule has 0 unspecified atom stereocenters. The van der Waals surface area contributed by atoms with E-state index in [1.54, 1.807) is 12.1 Å². The molecule has 0 spiro atoms. The average molecular weight is 244 g/mol. The smallest absolute Gasteiger partial charge is 0.416 e. The van der Waals surface area contributed by atoms with Gasteiger partial charge in [0, 0.05) is 0 Å². The SMILES string of the molecule is O=C(O)C/C=C\Cc1cccc(C(F)(F)F)c1. The third-order valence-corrected chi connectivity index (χ3v) is 2.07. The number of halogens is 3. The van der Waals surface area contributed by atoms with Gasteiger partial charge in [0.15, 0.2) is 0 Å². The van der Waals surface area contributed by atoms with Crippen molar-refractivity contribution < 1.29 is 23.1 Å². The zero-order valence-electron chi connectivity index (χ0n) is 8.87. The van der Waals surface area contributed by atoms with E-state index in [4.69, 9.17) is 5.11 Å². The Kier molecular flexibility index (Phi) is 4.31. The minimum atomic E-state index is -4.35. The lowest BCUT2D eigenvalue weighted by molar-refractivity contribution is -0.138. The van der Waals surface area contributed by atoms with Crippen molar-refractivity contribution in [2.75, 3.05) is 0 Å². The molecule has 0 atom stereocenters. The van der Waals surface area contributed by atoms with E-state index in [2.05, 4.69) is 0 Å². The molecule has 5 heteroatoms. The summed E-state index contributed by atoms with van der Waals surface area (Å²) in [4.78, 5) is 10.2. The van der Waals surface area contributed by atoms with E-state index in [1.807, 2.05) is 0 Å². The minimum Gasteiger partial charge on any atom is -0.481 e. The van der Waals surface area contributed by atoms with Crippen molar-refractivity contribution >= 4 is 5.97 Å². The summed E-state index contributed by atoms with van der Waals surface area (Å²) in [5.74, 6) is -0.967. The highest BCUT2D eigenvalue weighted by molar-refractivity contribution is 5.68. The largest absolute Gasteiger partial charge is 0.481 e. The van der Waals surface area contributed by atoms with E-state index >= 15 is 0 Å². The molecule has 0 amide bonds. The summed E-state index contributed by atoms with van der Waals surface area (Å²) in [7, 11) is 0. The van der Waals surface area contributed by atoms with E-state index in [-0.39, 0.29) is 12.8 Å². The number of carbonyl (C=O) groups is 1. The highest BCUT2D eigenvalue weighted by atomic mass is 19.4. The van der Waals surface area contributed by atoms with Crippen molar-refractivity contribution in [3.05, 3.63) is 47.5 Å². The third-order valence-electron chi connectivity index (χ3n) is 2.07. The van der Waals surface area contributed by atoms with Crippen LogP contribution >= 0.6 is 0 Å². The second kappa shape index (κ2) is 5.52. The van der Waals surface area contributed by atoms with Crippen LogP contribution in [0.3, 0.4) is 0 Å². The molecular formula is C12H11F3O2. The fourth-order valence-corrected chi connectivity index (χ4v) is 1.28. The lowest BCUT2D eigenvalue weighted by Gasteiger charge is -2.07. The maximum absolute atomic E-state index is 12.4. The summed E-state index contributed by atoms with van der Waals surface area (Å²) < 4.78 is 37.1. The summed E-state index contributed by atoms with van der Waals surface area (Å²) in [5, 5.41) is 8.36. The maximum atomic E-state index is 12.4. The van der Waals surface area contributed by atoms with Crippen LogP contribution in [0.15, 0.2) is 36.4 Å². The molecule has 0 aliphatic heterocycles. The van der Waals surface area contributed by atoms with Crippen molar-refractivity contribution in [1.29, 1.82) is 0 Å². The topological polar surface area (TPSA) is 37.3 Å². The molecule has 1 N–H and O–H groups in total. The number of carboxylic acids is 1. The second-order valence-electron chi connectivity index (χ2n) is 3.47. The van der Waals surface area contributed by atoms with E-state index in [9.17, 15) is 18.0 Å². The first-order valence-electron chi connectivity index (χ1n) is 4.92. The Balaban J connectivity index is 2.67. The van der Waals surface area contributed by atoms with Gasteiger partial charge in [-0.1, -0.05) is 30.4 Å².